The van der Waals surface area contributed by atoms with Crippen molar-refractivity contribution >= 4 is 29.2 Å². The Morgan fingerprint density at radius 3 is 2.59 bits per heavy atom. The number of hydrogen-bond acceptors (Lipinski definition) is 6. The maximum Gasteiger partial charge on any atom is 0.342 e. The second-order valence-electron chi connectivity index (χ2n) is 5.35. The zero-order chi connectivity index (χ0) is 19.2. The van der Waals surface area contributed by atoms with Crippen molar-refractivity contribution in [1.82, 2.24) is 20.4 Å². The molecule has 0 bridgehead atoms. The molecule has 138 valence electrons. The molecule has 3 aromatic rings. The van der Waals surface area contributed by atoms with E-state index in [1.54, 1.807) is 10.9 Å². The van der Waals surface area contributed by atoms with E-state index in [-0.39, 0.29) is 5.56 Å². The Balaban J connectivity index is 1.83. The van der Waals surface area contributed by atoms with Gasteiger partial charge in [0.2, 0.25) is 0 Å². The standard InChI is InChI=1S/C18H16N4O4S/c1-19-18(25)20-15(23)11-26-17(24)13-10-22(12-6-3-2-4-7-12)21-16(13)14-8-5-9-27-14/h2-10H,11H2,1H3,(H2,19,20,23,25). The third-order valence-electron chi connectivity index (χ3n) is 3.52. The number of carbonyl (C=O) groups excluding carboxylic acids is 3. The number of nitrogens with zero attached hydrogens (tertiary/aromatic N) is 2. The summed E-state index contributed by atoms with van der Waals surface area (Å²) in [6, 6.07) is 12.4. The van der Waals surface area contributed by atoms with Gasteiger partial charge in [0.25, 0.3) is 5.91 Å². The quantitative estimate of drug-likeness (QED) is 0.657. The summed E-state index contributed by atoms with van der Waals surface area (Å²) in [5, 5.41) is 10.6. The molecule has 0 aliphatic rings. The minimum atomic E-state index is -0.726. The normalized spacial score (nSPS) is 10.3. The number of esters is 1. The summed E-state index contributed by atoms with van der Waals surface area (Å²) in [5.74, 6) is -1.43. The van der Waals surface area contributed by atoms with E-state index >= 15 is 0 Å². The number of amides is 3. The molecule has 2 N–H and O–H groups in total. The van der Waals surface area contributed by atoms with Gasteiger partial charge in [-0.25, -0.2) is 14.3 Å². The zero-order valence-corrected chi connectivity index (χ0v) is 15.2. The Labute approximate surface area is 158 Å². The first kappa shape index (κ1) is 18.3. The van der Waals surface area contributed by atoms with Crippen LogP contribution in [0.1, 0.15) is 10.4 Å². The third kappa shape index (κ3) is 4.39. The lowest BCUT2D eigenvalue weighted by Gasteiger charge is -2.05. The van der Waals surface area contributed by atoms with Gasteiger partial charge in [0.05, 0.1) is 10.6 Å². The van der Waals surface area contributed by atoms with Crippen LogP contribution in [0.4, 0.5) is 4.79 Å². The lowest BCUT2D eigenvalue weighted by atomic mass is 10.2. The van der Waals surface area contributed by atoms with Gasteiger partial charge in [-0.15, -0.1) is 11.3 Å². The smallest absolute Gasteiger partial charge is 0.342 e. The molecule has 9 heteroatoms. The summed E-state index contributed by atoms with van der Waals surface area (Å²) in [6.07, 6.45) is 1.56. The van der Waals surface area contributed by atoms with Crippen molar-refractivity contribution in [1.29, 1.82) is 0 Å². The summed E-state index contributed by atoms with van der Waals surface area (Å²) in [5.41, 5.74) is 1.48. The van der Waals surface area contributed by atoms with Crippen LogP contribution >= 0.6 is 11.3 Å². The number of nitrogens with one attached hydrogen (secondary N) is 2. The molecule has 3 amide bonds. The Hall–Kier alpha value is -3.46. The maximum atomic E-state index is 12.5. The first-order valence-corrected chi connectivity index (χ1v) is 8.84. The van der Waals surface area contributed by atoms with Crippen LogP contribution in [0.3, 0.4) is 0 Å². The molecule has 0 aliphatic carbocycles. The Morgan fingerprint density at radius 1 is 1.15 bits per heavy atom. The van der Waals surface area contributed by atoms with Crippen LogP contribution in [0.25, 0.3) is 16.3 Å². The van der Waals surface area contributed by atoms with Crippen LogP contribution in [-0.4, -0.2) is 41.3 Å². The van der Waals surface area contributed by atoms with Crippen molar-refractivity contribution in [2.75, 3.05) is 13.7 Å². The largest absolute Gasteiger partial charge is 0.452 e. The molecule has 8 nitrogen and oxygen atoms in total. The molecule has 0 aliphatic heterocycles. The molecule has 27 heavy (non-hydrogen) atoms. The molecular formula is C18H16N4O4S. The average molecular weight is 384 g/mol. The first-order chi connectivity index (χ1) is 13.1. The number of hydrogen-bond donors (Lipinski definition) is 2. The van der Waals surface area contributed by atoms with Crippen LogP contribution in [0, 0.1) is 0 Å². The fourth-order valence-corrected chi connectivity index (χ4v) is 2.99. The monoisotopic (exact) mass is 384 g/mol. The number of urea groups is 1. The Bertz CT molecular complexity index is 951. The van der Waals surface area contributed by atoms with Crippen LogP contribution in [0.15, 0.2) is 54.0 Å². The van der Waals surface area contributed by atoms with Crippen molar-refractivity contribution in [3.63, 3.8) is 0 Å². The van der Waals surface area contributed by atoms with E-state index in [9.17, 15) is 14.4 Å². The van der Waals surface area contributed by atoms with Gasteiger partial charge in [0.15, 0.2) is 6.61 Å². The van der Waals surface area contributed by atoms with Crippen LogP contribution in [-0.2, 0) is 9.53 Å². The number of thiophene rings is 1. The number of aromatic nitrogens is 2. The number of benzene rings is 1. The minimum Gasteiger partial charge on any atom is -0.452 e. The molecule has 1 aromatic carbocycles. The van der Waals surface area contributed by atoms with Crippen molar-refractivity contribution < 1.29 is 19.1 Å². The molecule has 0 saturated carbocycles. The Morgan fingerprint density at radius 2 is 1.93 bits per heavy atom. The summed E-state index contributed by atoms with van der Waals surface area (Å²) in [6.45, 7) is -0.577. The second kappa shape index (κ2) is 8.28. The predicted molar refractivity (Wildman–Crippen MR) is 99.8 cm³/mol. The molecular weight excluding hydrogens is 368 g/mol. The summed E-state index contributed by atoms with van der Waals surface area (Å²) >= 11 is 1.44. The summed E-state index contributed by atoms with van der Waals surface area (Å²) in [7, 11) is 1.37. The molecule has 2 aromatic heterocycles. The number of rotatable bonds is 5. The van der Waals surface area contributed by atoms with Crippen molar-refractivity contribution in [2.24, 2.45) is 0 Å². The van der Waals surface area contributed by atoms with Gasteiger partial charge in [-0.1, -0.05) is 24.3 Å². The molecule has 0 unspecified atom stereocenters. The minimum absolute atomic E-state index is 0.231. The topological polar surface area (TPSA) is 102 Å². The number of imide groups is 1. The van der Waals surface area contributed by atoms with Gasteiger partial charge in [-0.2, -0.15) is 5.10 Å². The van der Waals surface area contributed by atoms with Gasteiger partial charge in [-0.3, -0.25) is 10.1 Å². The molecule has 2 heterocycles. The molecule has 0 saturated heterocycles. The highest BCUT2D eigenvalue weighted by molar-refractivity contribution is 7.13. The SMILES string of the molecule is CNC(=O)NC(=O)COC(=O)c1cn(-c2ccccc2)nc1-c1cccs1. The highest BCUT2D eigenvalue weighted by atomic mass is 32.1. The highest BCUT2D eigenvalue weighted by Crippen LogP contribution is 2.28. The van der Waals surface area contributed by atoms with E-state index in [0.29, 0.717) is 5.69 Å². The van der Waals surface area contributed by atoms with Gasteiger partial charge in [0.1, 0.15) is 11.3 Å². The summed E-state index contributed by atoms with van der Waals surface area (Å²) in [4.78, 5) is 36.0. The van der Waals surface area contributed by atoms with Gasteiger partial charge < -0.3 is 10.1 Å². The van der Waals surface area contributed by atoms with Gasteiger partial charge >= 0.3 is 12.0 Å². The van der Waals surface area contributed by atoms with Crippen molar-refractivity contribution in [3.8, 4) is 16.3 Å². The lowest BCUT2D eigenvalue weighted by Crippen LogP contribution is -2.39. The molecule has 3 rings (SSSR count). The van der Waals surface area contributed by atoms with E-state index in [2.05, 4.69) is 10.4 Å². The maximum absolute atomic E-state index is 12.5. The average Bonchev–Trinajstić information content (AvgIpc) is 3.36. The summed E-state index contributed by atoms with van der Waals surface area (Å²) < 4.78 is 6.62. The van der Waals surface area contributed by atoms with E-state index in [1.165, 1.54) is 18.4 Å². The van der Waals surface area contributed by atoms with Crippen LogP contribution in [0.2, 0.25) is 0 Å². The lowest BCUT2D eigenvalue weighted by molar-refractivity contribution is -0.123. The van der Waals surface area contributed by atoms with Gasteiger partial charge in [-0.05, 0) is 23.6 Å². The molecule has 0 atom stereocenters. The van der Waals surface area contributed by atoms with E-state index in [4.69, 9.17) is 4.74 Å². The fourth-order valence-electron chi connectivity index (χ4n) is 2.27. The van der Waals surface area contributed by atoms with Gasteiger partial charge in [0, 0.05) is 13.2 Å². The number of carbonyl (C=O) groups is 3. The zero-order valence-electron chi connectivity index (χ0n) is 14.3. The molecule has 0 fully saturated rings. The molecule has 0 radical (unpaired) electrons. The van der Waals surface area contributed by atoms with Crippen LogP contribution < -0.4 is 10.6 Å². The van der Waals surface area contributed by atoms with Crippen LogP contribution in [0.5, 0.6) is 0 Å². The second-order valence-corrected chi connectivity index (χ2v) is 6.30. The molecule has 0 spiro atoms. The number of ether oxygens (including phenoxy) is 1. The van der Waals surface area contributed by atoms with E-state index in [0.717, 1.165) is 10.6 Å². The van der Waals surface area contributed by atoms with E-state index < -0.39 is 24.5 Å². The fraction of sp³-hybridized carbons (Fsp3) is 0.111. The van der Waals surface area contributed by atoms with Crippen molar-refractivity contribution in [2.45, 2.75) is 0 Å². The number of para-hydroxylation sites is 1. The Kier molecular flexibility index (Phi) is 5.62. The van der Waals surface area contributed by atoms with Crippen molar-refractivity contribution in [3.05, 3.63) is 59.6 Å². The third-order valence-corrected chi connectivity index (χ3v) is 4.40. The first-order valence-electron chi connectivity index (χ1n) is 7.96. The highest BCUT2D eigenvalue weighted by Gasteiger charge is 2.21. The van der Waals surface area contributed by atoms with E-state index in [1.807, 2.05) is 53.2 Å². The predicted octanol–water partition coefficient (Wildman–Crippen LogP) is 2.21.